The molecular weight excluding hydrogens is 298 g/mol. The Morgan fingerprint density at radius 3 is 2.39 bits per heavy atom. The van der Waals surface area contributed by atoms with Crippen LogP contribution in [0, 0.1) is 11.6 Å². The molecule has 0 bridgehead atoms. The van der Waals surface area contributed by atoms with E-state index in [2.05, 4.69) is 15.9 Å². The predicted molar refractivity (Wildman–Crippen MR) is 73.2 cm³/mol. The van der Waals surface area contributed by atoms with Crippen molar-refractivity contribution in [2.24, 2.45) is 0 Å². The van der Waals surface area contributed by atoms with Crippen LogP contribution in [0.25, 0.3) is 6.08 Å². The van der Waals surface area contributed by atoms with Crippen molar-refractivity contribution in [3.05, 3.63) is 75.8 Å². The Kier molecular flexibility index (Phi) is 4.26. The molecule has 0 spiro atoms. The number of hydrogen-bond acceptors (Lipinski definition) is 0. The van der Waals surface area contributed by atoms with Gasteiger partial charge in [-0.05, 0) is 35.7 Å². The molecule has 0 aliphatic carbocycles. The van der Waals surface area contributed by atoms with Gasteiger partial charge in [0.15, 0.2) is 0 Å². The number of halogens is 3. The monoisotopic (exact) mass is 308 g/mol. The van der Waals surface area contributed by atoms with Crippen LogP contribution in [-0.4, -0.2) is 0 Å². The van der Waals surface area contributed by atoms with Crippen LogP contribution in [0.5, 0.6) is 0 Å². The van der Waals surface area contributed by atoms with Gasteiger partial charge in [0.1, 0.15) is 11.6 Å². The van der Waals surface area contributed by atoms with E-state index in [1.807, 2.05) is 36.4 Å². The second kappa shape index (κ2) is 5.91. The molecule has 0 aliphatic heterocycles. The van der Waals surface area contributed by atoms with E-state index in [-0.39, 0.29) is 0 Å². The predicted octanol–water partition coefficient (Wildman–Crippen LogP) is 4.98. The van der Waals surface area contributed by atoms with Gasteiger partial charge in [-0.25, -0.2) is 8.78 Å². The third-order valence-electron chi connectivity index (χ3n) is 2.53. The molecule has 0 saturated heterocycles. The van der Waals surface area contributed by atoms with Crippen LogP contribution in [0.2, 0.25) is 0 Å². The number of allylic oxidation sites excluding steroid dienone is 1. The Bertz CT molecular complexity index is 559. The molecule has 0 N–H and O–H groups in total. The smallest absolute Gasteiger partial charge is 0.129 e. The van der Waals surface area contributed by atoms with Gasteiger partial charge < -0.3 is 0 Å². The summed E-state index contributed by atoms with van der Waals surface area (Å²) >= 11 is 3.36. The second-order valence-electron chi connectivity index (χ2n) is 3.89. The lowest BCUT2D eigenvalue weighted by Crippen LogP contribution is -1.89. The highest BCUT2D eigenvalue weighted by Crippen LogP contribution is 2.13. The minimum atomic E-state index is -0.548. The lowest BCUT2D eigenvalue weighted by molar-refractivity contribution is 0.575. The largest absolute Gasteiger partial charge is 0.207 e. The summed E-state index contributed by atoms with van der Waals surface area (Å²) in [6, 6.07) is 11.4. The fourth-order valence-corrected chi connectivity index (χ4v) is 1.85. The summed E-state index contributed by atoms with van der Waals surface area (Å²) in [5, 5.41) is 0. The molecular formula is C15H11BrF2. The molecule has 2 aromatic rings. The first-order chi connectivity index (χ1) is 8.65. The third-order valence-corrected chi connectivity index (χ3v) is 3.06. The lowest BCUT2D eigenvalue weighted by atomic mass is 10.1. The topological polar surface area (TPSA) is 0 Å². The van der Waals surface area contributed by atoms with Crippen molar-refractivity contribution in [2.75, 3.05) is 0 Å². The zero-order valence-corrected chi connectivity index (χ0v) is 11.1. The van der Waals surface area contributed by atoms with Crippen molar-refractivity contribution in [1.29, 1.82) is 0 Å². The molecule has 18 heavy (non-hydrogen) atoms. The highest BCUT2D eigenvalue weighted by Gasteiger charge is 2.01. The average molecular weight is 309 g/mol. The molecule has 0 aliphatic rings. The summed E-state index contributed by atoms with van der Waals surface area (Å²) in [6.07, 6.45) is 4.22. The fraction of sp³-hybridized carbons (Fsp3) is 0.0667. The molecule has 3 heteroatoms. The summed E-state index contributed by atoms with van der Waals surface area (Å²) < 4.78 is 27.1. The summed E-state index contributed by atoms with van der Waals surface area (Å²) in [5.74, 6) is -1.05. The molecule has 0 unspecified atom stereocenters. The van der Waals surface area contributed by atoms with E-state index in [9.17, 15) is 8.78 Å². The van der Waals surface area contributed by atoms with Crippen LogP contribution in [0.4, 0.5) is 8.78 Å². The van der Waals surface area contributed by atoms with Crippen LogP contribution in [0.1, 0.15) is 11.1 Å². The minimum absolute atomic E-state index is 0.447. The molecule has 0 radical (unpaired) electrons. The molecule has 2 rings (SSSR count). The van der Waals surface area contributed by atoms with E-state index in [1.165, 1.54) is 12.1 Å². The quantitative estimate of drug-likeness (QED) is 0.750. The zero-order valence-electron chi connectivity index (χ0n) is 9.54. The highest BCUT2D eigenvalue weighted by atomic mass is 79.9. The molecule has 0 saturated carbocycles. The van der Waals surface area contributed by atoms with Gasteiger partial charge >= 0.3 is 0 Å². The van der Waals surface area contributed by atoms with E-state index in [4.69, 9.17) is 0 Å². The van der Waals surface area contributed by atoms with Gasteiger partial charge in [-0.1, -0.05) is 46.3 Å². The van der Waals surface area contributed by atoms with Crippen molar-refractivity contribution in [3.63, 3.8) is 0 Å². The van der Waals surface area contributed by atoms with E-state index < -0.39 is 11.6 Å². The Morgan fingerprint density at radius 2 is 1.72 bits per heavy atom. The van der Waals surface area contributed by atoms with Crippen molar-refractivity contribution in [2.45, 2.75) is 6.42 Å². The van der Waals surface area contributed by atoms with E-state index in [1.54, 1.807) is 0 Å². The van der Waals surface area contributed by atoms with Crippen molar-refractivity contribution < 1.29 is 8.78 Å². The van der Waals surface area contributed by atoms with Crippen LogP contribution in [0.3, 0.4) is 0 Å². The van der Waals surface area contributed by atoms with Crippen LogP contribution in [0.15, 0.2) is 53.0 Å². The first kappa shape index (κ1) is 13.0. The summed E-state index contributed by atoms with van der Waals surface area (Å²) in [6.45, 7) is 0. The maximum atomic E-state index is 13.3. The number of rotatable bonds is 3. The van der Waals surface area contributed by atoms with Crippen LogP contribution >= 0.6 is 15.9 Å². The van der Waals surface area contributed by atoms with Gasteiger partial charge in [-0.15, -0.1) is 0 Å². The summed E-state index contributed by atoms with van der Waals surface area (Å²) in [5.41, 5.74) is 1.53. The number of hydrogen-bond donors (Lipinski definition) is 0. The third kappa shape index (κ3) is 3.50. The normalized spacial score (nSPS) is 11.1. The van der Waals surface area contributed by atoms with Gasteiger partial charge in [0, 0.05) is 10.5 Å². The fourth-order valence-electron chi connectivity index (χ4n) is 1.58. The first-order valence-corrected chi connectivity index (χ1v) is 6.30. The maximum Gasteiger partial charge on any atom is 0.129 e. The molecule has 0 heterocycles. The molecule has 0 nitrogen and oxygen atoms in total. The van der Waals surface area contributed by atoms with Crippen molar-refractivity contribution >= 4 is 22.0 Å². The van der Waals surface area contributed by atoms with Gasteiger partial charge in [-0.3, -0.25) is 0 Å². The Morgan fingerprint density at radius 1 is 1.00 bits per heavy atom. The molecule has 92 valence electrons. The SMILES string of the molecule is Fc1ccc(C/C=C/c2ccc(Br)cc2)c(F)c1. The average Bonchev–Trinajstić information content (AvgIpc) is 2.34. The Labute approximate surface area is 113 Å². The van der Waals surface area contributed by atoms with Gasteiger partial charge in [-0.2, -0.15) is 0 Å². The standard InChI is InChI=1S/C15H11BrF2/c16-13-7-4-11(5-8-13)2-1-3-12-6-9-14(17)10-15(12)18/h1-2,4-10H,3H2/b2-1+. The van der Waals surface area contributed by atoms with E-state index >= 15 is 0 Å². The molecule has 0 amide bonds. The summed E-state index contributed by atoms with van der Waals surface area (Å²) in [7, 11) is 0. The number of benzene rings is 2. The van der Waals surface area contributed by atoms with Gasteiger partial charge in [0.25, 0.3) is 0 Å². The summed E-state index contributed by atoms with van der Waals surface area (Å²) in [4.78, 5) is 0. The van der Waals surface area contributed by atoms with E-state index in [0.29, 0.717) is 12.0 Å². The second-order valence-corrected chi connectivity index (χ2v) is 4.81. The minimum Gasteiger partial charge on any atom is -0.207 e. The molecule has 0 fully saturated rings. The van der Waals surface area contributed by atoms with Gasteiger partial charge in [0.05, 0.1) is 0 Å². The van der Waals surface area contributed by atoms with Crippen molar-refractivity contribution in [1.82, 2.24) is 0 Å². The maximum absolute atomic E-state index is 13.3. The molecule has 0 atom stereocenters. The van der Waals surface area contributed by atoms with Crippen molar-refractivity contribution in [3.8, 4) is 0 Å². The van der Waals surface area contributed by atoms with E-state index in [0.717, 1.165) is 16.1 Å². The molecule has 2 aromatic carbocycles. The van der Waals surface area contributed by atoms with Crippen LogP contribution < -0.4 is 0 Å². The van der Waals surface area contributed by atoms with Gasteiger partial charge in [0.2, 0.25) is 0 Å². The highest BCUT2D eigenvalue weighted by molar-refractivity contribution is 9.10. The Hall–Kier alpha value is -1.48. The lowest BCUT2D eigenvalue weighted by Gasteiger charge is -1.99. The van der Waals surface area contributed by atoms with Crippen LogP contribution in [-0.2, 0) is 6.42 Å². The Balaban J connectivity index is 2.05. The first-order valence-electron chi connectivity index (χ1n) is 5.51. The zero-order chi connectivity index (χ0) is 13.0. The molecule has 0 aromatic heterocycles.